The molecule has 238 valence electrons. The minimum atomic E-state index is -3.71. The minimum Gasteiger partial charge on any atom is -0.490 e. The average Bonchev–Trinajstić information content (AvgIpc) is 3.65. The molecule has 8 nitrogen and oxygen atoms in total. The summed E-state index contributed by atoms with van der Waals surface area (Å²) in [6.07, 6.45) is 9.25. The van der Waals surface area contributed by atoms with E-state index in [1.54, 1.807) is 24.3 Å². The molecule has 2 aromatic rings. The van der Waals surface area contributed by atoms with Gasteiger partial charge in [0.05, 0.1) is 12.7 Å². The average molecular weight is 630 g/mol. The third-order valence-corrected chi connectivity index (χ3v) is 10.5. The predicted octanol–water partition coefficient (Wildman–Crippen LogP) is 4.81. The second kappa shape index (κ2) is 12.0. The number of ether oxygens (including phenoxy) is 1. The number of hydrogen-bond acceptors (Lipinski definition) is 6. The highest BCUT2D eigenvalue weighted by molar-refractivity contribution is 7.89. The number of hydrogen-bond donors (Lipinski definition) is 3. The van der Waals surface area contributed by atoms with Crippen molar-refractivity contribution < 1.29 is 31.5 Å². The maximum Gasteiger partial charge on any atom is 0.259 e. The summed E-state index contributed by atoms with van der Waals surface area (Å²) in [5, 5.41) is 6.25. The number of benzene rings is 2. The van der Waals surface area contributed by atoms with Crippen LogP contribution in [0.25, 0.3) is 11.1 Å². The zero-order valence-corrected chi connectivity index (χ0v) is 25.9. The van der Waals surface area contributed by atoms with Gasteiger partial charge in [-0.1, -0.05) is 37.5 Å². The molecular formula is C33H41F2N3O5S. The second-order valence-corrected chi connectivity index (χ2v) is 15.1. The summed E-state index contributed by atoms with van der Waals surface area (Å²) in [4.78, 5) is 25.5. The molecule has 0 unspecified atom stereocenters. The molecule has 4 aliphatic rings. The number of rotatable bonds is 9. The fraction of sp³-hybridized carbons (Fsp3) is 0.576. The molecule has 1 aliphatic heterocycles. The van der Waals surface area contributed by atoms with Gasteiger partial charge >= 0.3 is 0 Å². The lowest BCUT2D eigenvalue weighted by molar-refractivity contribution is -0.132. The van der Waals surface area contributed by atoms with Crippen molar-refractivity contribution in [2.24, 2.45) is 0 Å². The Morgan fingerprint density at radius 3 is 2.52 bits per heavy atom. The first-order valence-corrected chi connectivity index (χ1v) is 17.7. The molecule has 4 fully saturated rings. The van der Waals surface area contributed by atoms with Crippen LogP contribution in [0.4, 0.5) is 8.78 Å². The normalized spacial score (nSPS) is 26.4. The lowest BCUT2D eigenvalue weighted by Gasteiger charge is -2.29. The Bertz CT molecular complexity index is 1540. The van der Waals surface area contributed by atoms with Crippen LogP contribution in [0.2, 0.25) is 0 Å². The van der Waals surface area contributed by atoms with Crippen LogP contribution >= 0.6 is 0 Å². The van der Waals surface area contributed by atoms with Gasteiger partial charge in [-0.25, -0.2) is 17.2 Å². The maximum atomic E-state index is 15.7. The highest BCUT2D eigenvalue weighted by Gasteiger charge is 2.54. The lowest BCUT2D eigenvalue weighted by atomic mass is 9.76. The van der Waals surface area contributed by atoms with Gasteiger partial charge in [0.2, 0.25) is 21.6 Å². The van der Waals surface area contributed by atoms with Gasteiger partial charge in [-0.15, -0.1) is 0 Å². The zero-order valence-electron chi connectivity index (χ0n) is 25.1. The van der Waals surface area contributed by atoms with Crippen molar-refractivity contribution in [2.45, 2.75) is 106 Å². The van der Waals surface area contributed by atoms with E-state index in [4.69, 9.17) is 4.74 Å². The maximum absolute atomic E-state index is 15.7. The number of halogens is 2. The van der Waals surface area contributed by atoms with Gasteiger partial charge in [0.25, 0.3) is 5.91 Å². The minimum absolute atomic E-state index is 0.0420. The molecule has 2 amide bonds. The van der Waals surface area contributed by atoms with E-state index in [0.717, 1.165) is 51.2 Å². The Kier molecular flexibility index (Phi) is 8.47. The van der Waals surface area contributed by atoms with Crippen molar-refractivity contribution in [3.05, 3.63) is 53.3 Å². The molecule has 3 saturated carbocycles. The molecule has 3 atom stereocenters. The molecule has 0 bridgehead atoms. The van der Waals surface area contributed by atoms with E-state index in [1.165, 1.54) is 6.07 Å². The predicted molar refractivity (Wildman–Crippen MR) is 163 cm³/mol. The van der Waals surface area contributed by atoms with E-state index in [-0.39, 0.29) is 48.8 Å². The zero-order chi connectivity index (χ0) is 31.1. The number of alkyl halides is 1. The Labute approximate surface area is 257 Å². The van der Waals surface area contributed by atoms with Crippen LogP contribution < -0.4 is 20.1 Å². The highest BCUT2D eigenvalue weighted by atomic mass is 32.2. The molecule has 0 radical (unpaired) electrons. The summed E-state index contributed by atoms with van der Waals surface area (Å²) in [6, 6.07) is 9.95. The van der Waals surface area contributed by atoms with E-state index in [0.29, 0.717) is 47.3 Å². The van der Waals surface area contributed by atoms with Gasteiger partial charge in [0, 0.05) is 36.5 Å². The van der Waals surface area contributed by atoms with Gasteiger partial charge in [-0.2, -0.15) is 0 Å². The molecule has 0 aromatic heterocycles. The number of carbonyl (C=O) groups is 2. The van der Waals surface area contributed by atoms with Crippen molar-refractivity contribution in [2.75, 3.05) is 12.8 Å². The van der Waals surface area contributed by atoms with Crippen molar-refractivity contribution in [3.8, 4) is 16.9 Å². The van der Waals surface area contributed by atoms with Gasteiger partial charge in [0.1, 0.15) is 17.7 Å². The van der Waals surface area contributed by atoms with Crippen molar-refractivity contribution >= 4 is 21.8 Å². The Balaban J connectivity index is 1.19. The molecule has 1 spiro atoms. The quantitative estimate of drug-likeness (QED) is 0.367. The van der Waals surface area contributed by atoms with Crippen LogP contribution in [-0.2, 0) is 26.0 Å². The summed E-state index contributed by atoms with van der Waals surface area (Å²) < 4.78 is 62.6. The van der Waals surface area contributed by atoms with Crippen LogP contribution in [0.15, 0.2) is 36.4 Å². The number of carbonyl (C=O) groups excluding carboxylic acids is 2. The van der Waals surface area contributed by atoms with Crippen LogP contribution in [0.5, 0.6) is 5.75 Å². The standard InChI is InChI=1S/C33H41F2N3O5S/c1-44(41,42)38-29(39)17-21-10-13-28(26(16-21)25-8-5-9-27(34)30(25)22-6-4-7-22)43-24-12-11-23(18-24)37-31(40)33(35)19-32(36-20-33)14-2-3-15-32/h5,8-10,13,16,22-24,36H,2-4,6-7,11-12,14-15,17-20H2,1H3,(H,37,40)(H,38,39)/t23-,24-,33-/m1/s1. The van der Waals surface area contributed by atoms with E-state index < -0.39 is 27.5 Å². The molecular weight excluding hydrogens is 588 g/mol. The largest absolute Gasteiger partial charge is 0.490 e. The first-order chi connectivity index (χ1) is 20.9. The van der Waals surface area contributed by atoms with Crippen molar-refractivity contribution in [1.82, 2.24) is 15.4 Å². The molecule has 1 heterocycles. The number of amides is 2. The van der Waals surface area contributed by atoms with E-state index >= 15 is 8.78 Å². The van der Waals surface area contributed by atoms with Gasteiger partial charge in [0.15, 0.2) is 0 Å². The Hall–Kier alpha value is -3.05. The molecule has 11 heteroatoms. The summed E-state index contributed by atoms with van der Waals surface area (Å²) >= 11 is 0. The number of nitrogens with one attached hydrogen (secondary N) is 3. The molecule has 44 heavy (non-hydrogen) atoms. The third kappa shape index (κ3) is 6.63. The van der Waals surface area contributed by atoms with Crippen LogP contribution in [0.3, 0.4) is 0 Å². The van der Waals surface area contributed by atoms with Gasteiger partial charge in [-0.05, 0) is 79.3 Å². The summed E-state index contributed by atoms with van der Waals surface area (Å²) in [5.74, 6) is -0.902. The summed E-state index contributed by atoms with van der Waals surface area (Å²) in [5.41, 5.74) is 0.336. The first-order valence-electron chi connectivity index (χ1n) is 15.8. The summed E-state index contributed by atoms with van der Waals surface area (Å²) in [7, 11) is -3.71. The van der Waals surface area contributed by atoms with E-state index in [2.05, 4.69) is 10.6 Å². The molecule has 1 saturated heterocycles. The fourth-order valence-corrected chi connectivity index (χ4v) is 8.03. The number of sulfonamides is 1. The van der Waals surface area contributed by atoms with Gasteiger partial charge < -0.3 is 15.4 Å². The topological polar surface area (TPSA) is 114 Å². The van der Waals surface area contributed by atoms with Crippen LogP contribution in [0.1, 0.15) is 87.7 Å². The molecule has 3 N–H and O–H groups in total. The SMILES string of the molecule is CS(=O)(=O)NC(=O)Cc1ccc(O[C@@H]2CC[C@@H](NC(=O)[C@]3(F)CNC4(CCCC4)C3)C2)c(-c2cccc(F)c2C2CCC2)c1. The first kappa shape index (κ1) is 31.0. The Morgan fingerprint density at radius 1 is 1.05 bits per heavy atom. The smallest absolute Gasteiger partial charge is 0.259 e. The monoisotopic (exact) mass is 629 g/mol. The lowest BCUT2D eigenvalue weighted by Crippen LogP contribution is -2.48. The van der Waals surface area contributed by atoms with Crippen LogP contribution in [0, 0.1) is 5.82 Å². The molecule has 3 aliphatic carbocycles. The van der Waals surface area contributed by atoms with E-state index in [9.17, 15) is 18.0 Å². The third-order valence-electron chi connectivity index (χ3n) is 9.91. The molecule has 2 aromatic carbocycles. The van der Waals surface area contributed by atoms with E-state index in [1.807, 2.05) is 10.8 Å². The van der Waals surface area contributed by atoms with Crippen molar-refractivity contribution in [1.29, 1.82) is 0 Å². The second-order valence-electron chi connectivity index (χ2n) is 13.3. The van der Waals surface area contributed by atoms with Gasteiger partial charge in [-0.3, -0.25) is 14.3 Å². The molecule has 6 rings (SSSR count). The fourth-order valence-electron chi connectivity index (χ4n) is 7.54. The Morgan fingerprint density at radius 2 is 1.82 bits per heavy atom. The van der Waals surface area contributed by atoms with Crippen molar-refractivity contribution in [3.63, 3.8) is 0 Å². The van der Waals surface area contributed by atoms with Crippen LogP contribution in [-0.4, -0.2) is 56.4 Å². The summed E-state index contributed by atoms with van der Waals surface area (Å²) in [6.45, 7) is 0.0420. The highest BCUT2D eigenvalue weighted by Crippen LogP contribution is 2.46.